The predicted octanol–water partition coefficient (Wildman–Crippen LogP) is 8.97. The molecule has 1 aliphatic rings. The van der Waals surface area contributed by atoms with Crippen molar-refractivity contribution >= 4 is 33.8 Å². The first kappa shape index (κ1) is 32.5. The van der Waals surface area contributed by atoms with Gasteiger partial charge in [-0.2, -0.15) is 0 Å². The van der Waals surface area contributed by atoms with Gasteiger partial charge in [-0.1, -0.05) is 92.4 Å². The number of alkyl carbamates (subject to hydrolysis) is 1. The second kappa shape index (κ2) is 15.8. The Bertz CT molecular complexity index is 1160. The average Bonchev–Trinajstić information content (AvgIpc) is 2.94. The number of benzene rings is 1. The van der Waals surface area contributed by atoms with E-state index in [4.69, 9.17) is 9.47 Å². The number of nitrogens with zero attached hydrogens (tertiary/aromatic N) is 1. The van der Waals surface area contributed by atoms with Crippen molar-refractivity contribution in [2.24, 2.45) is 0 Å². The molecular weight excluding hydrogens is 524 g/mol. The number of allylic oxidation sites excluding steroid dienone is 4. The van der Waals surface area contributed by atoms with Crippen molar-refractivity contribution in [1.82, 2.24) is 10.3 Å². The Morgan fingerprint density at radius 3 is 2.46 bits per heavy atom. The molecule has 3 rings (SSSR count). The quantitative estimate of drug-likeness (QED) is 0.274. The first-order valence-electron chi connectivity index (χ1n) is 13.2. The Labute approximate surface area is 242 Å². The minimum atomic E-state index is -0.573. The van der Waals surface area contributed by atoms with Crippen LogP contribution >= 0.6 is 21.6 Å². The molecule has 7 heteroatoms. The van der Waals surface area contributed by atoms with E-state index in [-0.39, 0.29) is 4.75 Å². The Morgan fingerprint density at radius 2 is 1.79 bits per heavy atom. The van der Waals surface area contributed by atoms with Crippen molar-refractivity contribution in [3.8, 4) is 0 Å². The number of fused-ring (bicyclic) bond motifs is 1. The number of aromatic nitrogens is 1. The lowest BCUT2D eigenvalue weighted by atomic mass is 9.91. The number of pyridine rings is 1. The van der Waals surface area contributed by atoms with Gasteiger partial charge in [0.25, 0.3) is 0 Å². The van der Waals surface area contributed by atoms with Crippen molar-refractivity contribution in [3.63, 3.8) is 0 Å². The Hall–Kier alpha value is -2.74. The minimum absolute atomic E-state index is 0.146. The Kier molecular flexibility index (Phi) is 13.1. The summed E-state index contributed by atoms with van der Waals surface area (Å²) in [6, 6.07) is 13.8. The fourth-order valence-corrected chi connectivity index (χ4v) is 5.66. The van der Waals surface area contributed by atoms with Gasteiger partial charge < -0.3 is 14.8 Å². The highest BCUT2D eigenvalue weighted by Gasteiger charge is 2.28. The molecule has 39 heavy (non-hydrogen) atoms. The minimum Gasteiger partial charge on any atom is -0.441 e. The molecule has 0 bridgehead atoms. The van der Waals surface area contributed by atoms with Crippen LogP contribution in [0.25, 0.3) is 6.08 Å². The van der Waals surface area contributed by atoms with Gasteiger partial charge in [-0.25, -0.2) is 9.78 Å². The topological polar surface area (TPSA) is 60.5 Å². The molecule has 1 unspecified atom stereocenters. The number of amides is 1. The Morgan fingerprint density at radius 1 is 1.08 bits per heavy atom. The third-order valence-corrected chi connectivity index (χ3v) is 8.92. The molecule has 5 nitrogen and oxygen atoms in total. The summed E-state index contributed by atoms with van der Waals surface area (Å²) < 4.78 is 12.0. The third-order valence-electron chi connectivity index (χ3n) is 5.74. The summed E-state index contributed by atoms with van der Waals surface area (Å²) >= 11 is 0. The van der Waals surface area contributed by atoms with Gasteiger partial charge in [0.2, 0.25) is 0 Å². The van der Waals surface area contributed by atoms with Crippen molar-refractivity contribution in [2.45, 2.75) is 69.4 Å². The van der Waals surface area contributed by atoms with Crippen LogP contribution in [-0.2, 0) is 9.47 Å². The van der Waals surface area contributed by atoms with Crippen LogP contribution < -0.4 is 5.32 Å². The molecule has 1 amide bonds. The highest BCUT2D eigenvalue weighted by Crippen LogP contribution is 2.40. The number of hydrogen-bond acceptors (Lipinski definition) is 6. The van der Waals surface area contributed by atoms with Gasteiger partial charge in [0, 0.05) is 29.5 Å². The number of hydrogen-bond donors (Lipinski definition) is 1. The molecule has 1 atom stereocenters. The van der Waals surface area contributed by atoms with Crippen LogP contribution in [0.1, 0.15) is 65.2 Å². The molecule has 2 aromatic rings. The normalized spacial score (nSPS) is 17.8. The number of ether oxygens (including phenoxy) is 2. The molecule has 0 fully saturated rings. The van der Waals surface area contributed by atoms with Crippen molar-refractivity contribution < 1.29 is 14.3 Å². The van der Waals surface area contributed by atoms with E-state index in [1.54, 1.807) is 39.9 Å². The summed E-state index contributed by atoms with van der Waals surface area (Å²) in [6.07, 6.45) is 9.01. The fraction of sp³-hybridized carbons (Fsp3) is 0.375. The number of carbonyl (C=O) groups excluding carboxylic acids is 1. The standard InChI is InChI=1S/C30H36N2O3S2.C2H6/c1-7-22-16-17-24-13-9-10-14-25(24)26(19-23(22)8-2)35-28(33)32-20-29(3,4)34-21-30(5,6)37-36-27-15-11-12-18-31-27;1-2/h7-18,26H,1-2,19-21H2,3-6H3,(H,32,33);1-2H3/b17-16-,23-22-;. The molecule has 1 heterocycles. The summed E-state index contributed by atoms with van der Waals surface area (Å²) in [5.41, 5.74) is 3.34. The maximum Gasteiger partial charge on any atom is 0.407 e. The van der Waals surface area contributed by atoms with Crippen LogP contribution in [0.15, 0.2) is 96.2 Å². The van der Waals surface area contributed by atoms with Crippen molar-refractivity contribution in [2.75, 3.05) is 13.2 Å². The molecular formula is C32H42N2O3S2. The lowest BCUT2D eigenvalue weighted by molar-refractivity contribution is -0.0244. The fourth-order valence-electron chi connectivity index (χ4n) is 3.63. The van der Waals surface area contributed by atoms with E-state index >= 15 is 0 Å². The summed E-state index contributed by atoms with van der Waals surface area (Å²) in [7, 11) is 3.34. The first-order valence-corrected chi connectivity index (χ1v) is 15.4. The van der Waals surface area contributed by atoms with Gasteiger partial charge in [-0.15, -0.1) is 0 Å². The van der Waals surface area contributed by atoms with E-state index in [1.807, 2.05) is 82.3 Å². The lowest BCUT2D eigenvalue weighted by Crippen LogP contribution is -2.43. The predicted molar refractivity (Wildman–Crippen MR) is 168 cm³/mol. The van der Waals surface area contributed by atoms with Crippen LogP contribution in [0.2, 0.25) is 0 Å². The van der Waals surface area contributed by atoms with Crippen LogP contribution in [0, 0.1) is 0 Å². The molecule has 0 saturated carbocycles. The van der Waals surface area contributed by atoms with E-state index in [0.29, 0.717) is 19.6 Å². The lowest BCUT2D eigenvalue weighted by Gasteiger charge is -2.31. The van der Waals surface area contributed by atoms with E-state index in [2.05, 4.69) is 37.3 Å². The summed E-state index contributed by atoms with van der Waals surface area (Å²) in [5, 5.41) is 3.86. The summed E-state index contributed by atoms with van der Waals surface area (Å²) in [6.45, 7) is 20.9. The molecule has 1 aromatic carbocycles. The van der Waals surface area contributed by atoms with Gasteiger partial charge in [0.05, 0.1) is 12.2 Å². The molecule has 1 N–H and O–H groups in total. The van der Waals surface area contributed by atoms with Crippen molar-refractivity contribution in [3.05, 3.63) is 102 Å². The molecule has 0 spiro atoms. The molecule has 0 aliphatic heterocycles. The molecule has 1 aliphatic carbocycles. The number of carbonyl (C=O) groups is 1. The smallest absolute Gasteiger partial charge is 0.407 e. The van der Waals surface area contributed by atoms with Gasteiger partial charge in [0.1, 0.15) is 11.1 Å². The Balaban J connectivity index is 0.00000260. The zero-order chi connectivity index (χ0) is 28.9. The summed E-state index contributed by atoms with van der Waals surface area (Å²) in [5.74, 6) is 0. The van der Waals surface area contributed by atoms with E-state index in [9.17, 15) is 4.79 Å². The first-order chi connectivity index (χ1) is 18.6. The maximum atomic E-state index is 12.9. The highest BCUT2D eigenvalue weighted by molar-refractivity contribution is 8.77. The van der Waals surface area contributed by atoms with Crippen LogP contribution in [0.3, 0.4) is 0 Å². The second-order valence-electron chi connectivity index (χ2n) is 9.95. The highest BCUT2D eigenvalue weighted by atomic mass is 33.1. The number of nitrogens with one attached hydrogen (secondary N) is 1. The van der Waals surface area contributed by atoms with Crippen LogP contribution in [0.4, 0.5) is 4.79 Å². The van der Waals surface area contributed by atoms with Gasteiger partial charge >= 0.3 is 6.09 Å². The monoisotopic (exact) mass is 566 g/mol. The molecule has 1 aromatic heterocycles. The van der Waals surface area contributed by atoms with Gasteiger partial charge in [-0.3, -0.25) is 0 Å². The van der Waals surface area contributed by atoms with Crippen LogP contribution in [-0.4, -0.2) is 34.6 Å². The average molecular weight is 567 g/mol. The maximum absolute atomic E-state index is 12.9. The van der Waals surface area contributed by atoms with Gasteiger partial charge in [-0.05, 0) is 67.3 Å². The van der Waals surface area contributed by atoms with E-state index in [1.165, 1.54) is 0 Å². The summed E-state index contributed by atoms with van der Waals surface area (Å²) in [4.78, 5) is 17.2. The van der Waals surface area contributed by atoms with E-state index in [0.717, 1.165) is 27.3 Å². The van der Waals surface area contributed by atoms with Crippen molar-refractivity contribution in [1.29, 1.82) is 0 Å². The molecule has 0 radical (unpaired) electrons. The zero-order valence-corrected chi connectivity index (χ0v) is 25.7. The SMILES string of the molecule is C=CC1=C(\C=C)CC(OC(=O)NCC(C)(C)OCC(C)(C)SSc2ccccn2)c2ccccc2/C=C\1.CC. The van der Waals surface area contributed by atoms with Gasteiger partial charge in [0.15, 0.2) is 0 Å². The largest absolute Gasteiger partial charge is 0.441 e. The number of rotatable bonds is 11. The molecule has 0 saturated heterocycles. The zero-order valence-electron chi connectivity index (χ0n) is 24.0. The second-order valence-corrected chi connectivity index (χ2v) is 12.8. The molecule has 210 valence electrons. The van der Waals surface area contributed by atoms with E-state index < -0.39 is 17.8 Å². The third kappa shape index (κ3) is 10.7. The van der Waals surface area contributed by atoms with Crippen LogP contribution in [0.5, 0.6) is 0 Å².